The topological polar surface area (TPSA) is 95.7 Å². The Morgan fingerprint density at radius 1 is 1.62 bits per heavy atom. The first-order chi connectivity index (χ1) is 7.50. The van der Waals surface area contributed by atoms with Crippen LogP contribution in [0, 0.1) is 5.92 Å². The molecule has 6 heteroatoms. The standard InChI is InChI=1S/C10H19N3O3/c1-7(14)5-12-9(15)8-3-2-4-13(6-8)10(11)16/h7-8,14H,2-6H2,1H3,(H2,11,16)(H,12,15). The van der Waals surface area contributed by atoms with Crippen LogP contribution in [0.1, 0.15) is 19.8 Å². The van der Waals surface area contributed by atoms with Crippen molar-refractivity contribution < 1.29 is 14.7 Å². The van der Waals surface area contributed by atoms with Gasteiger partial charge in [-0.15, -0.1) is 0 Å². The van der Waals surface area contributed by atoms with Gasteiger partial charge in [-0.1, -0.05) is 0 Å². The zero-order chi connectivity index (χ0) is 12.1. The first-order valence-corrected chi connectivity index (χ1v) is 5.51. The zero-order valence-electron chi connectivity index (χ0n) is 9.48. The molecule has 0 saturated carbocycles. The average molecular weight is 229 g/mol. The van der Waals surface area contributed by atoms with E-state index in [0.29, 0.717) is 13.1 Å². The van der Waals surface area contributed by atoms with Gasteiger partial charge >= 0.3 is 6.03 Å². The van der Waals surface area contributed by atoms with Crippen LogP contribution in [-0.4, -0.2) is 47.7 Å². The van der Waals surface area contributed by atoms with Crippen LogP contribution in [0.5, 0.6) is 0 Å². The fourth-order valence-electron chi connectivity index (χ4n) is 1.78. The van der Waals surface area contributed by atoms with E-state index < -0.39 is 12.1 Å². The lowest BCUT2D eigenvalue weighted by Gasteiger charge is -2.30. The monoisotopic (exact) mass is 229 g/mol. The largest absolute Gasteiger partial charge is 0.392 e. The summed E-state index contributed by atoms with van der Waals surface area (Å²) < 4.78 is 0. The molecule has 0 aromatic heterocycles. The van der Waals surface area contributed by atoms with E-state index in [4.69, 9.17) is 10.8 Å². The summed E-state index contributed by atoms with van der Waals surface area (Å²) >= 11 is 0. The Morgan fingerprint density at radius 2 is 2.31 bits per heavy atom. The number of aliphatic hydroxyl groups excluding tert-OH is 1. The van der Waals surface area contributed by atoms with Crippen molar-refractivity contribution in [1.82, 2.24) is 10.2 Å². The summed E-state index contributed by atoms with van der Waals surface area (Å²) in [5.41, 5.74) is 5.17. The number of nitrogens with two attached hydrogens (primary N) is 1. The van der Waals surface area contributed by atoms with Gasteiger partial charge in [-0.3, -0.25) is 4.79 Å². The van der Waals surface area contributed by atoms with Crippen molar-refractivity contribution in [3.8, 4) is 0 Å². The molecule has 2 atom stereocenters. The van der Waals surface area contributed by atoms with Crippen LogP contribution in [-0.2, 0) is 4.79 Å². The Hall–Kier alpha value is -1.30. The minimum absolute atomic E-state index is 0.119. The Balaban J connectivity index is 2.41. The van der Waals surface area contributed by atoms with E-state index in [0.717, 1.165) is 12.8 Å². The molecule has 1 rings (SSSR count). The highest BCUT2D eigenvalue weighted by Crippen LogP contribution is 2.16. The second kappa shape index (κ2) is 5.69. The normalized spacial score (nSPS) is 22.6. The molecule has 6 nitrogen and oxygen atoms in total. The number of primary amides is 1. The second-order valence-corrected chi connectivity index (χ2v) is 4.22. The molecule has 0 aliphatic carbocycles. The number of hydrogen-bond acceptors (Lipinski definition) is 3. The van der Waals surface area contributed by atoms with Crippen molar-refractivity contribution in [3.63, 3.8) is 0 Å². The Bertz CT molecular complexity index is 268. The summed E-state index contributed by atoms with van der Waals surface area (Å²) in [7, 11) is 0. The molecule has 0 bridgehead atoms. The van der Waals surface area contributed by atoms with Gasteiger partial charge in [-0.05, 0) is 19.8 Å². The lowest BCUT2D eigenvalue weighted by Crippen LogP contribution is -2.48. The molecule has 1 aliphatic rings. The van der Waals surface area contributed by atoms with Crippen LogP contribution in [0.15, 0.2) is 0 Å². The number of likely N-dealkylation sites (tertiary alicyclic amines) is 1. The van der Waals surface area contributed by atoms with Gasteiger partial charge in [-0.2, -0.15) is 0 Å². The highest BCUT2D eigenvalue weighted by molar-refractivity contribution is 5.80. The van der Waals surface area contributed by atoms with Crippen LogP contribution < -0.4 is 11.1 Å². The lowest BCUT2D eigenvalue weighted by atomic mass is 9.97. The molecule has 4 N–H and O–H groups in total. The summed E-state index contributed by atoms with van der Waals surface area (Å²) in [6.45, 7) is 2.85. The average Bonchev–Trinajstić information content (AvgIpc) is 2.26. The molecule has 92 valence electrons. The Labute approximate surface area is 94.8 Å². The molecule has 1 aliphatic heterocycles. The van der Waals surface area contributed by atoms with Crippen LogP contribution >= 0.6 is 0 Å². The number of rotatable bonds is 3. The Kier molecular flexibility index (Phi) is 4.54. The molecular formula is C10H19N3O3. The molecule has 2 unspecified atom stereocenters. The quantitative estimate of drug-likeness (QED) is 0.595. The van der Waals surface area contributed by atoms with Gasteiger partial charge in [0.2, 0.25) is 5.91 Å². The lowest BCUT2D eigenvalue weighted by molar-refractivity contribution is -0.126. The van der Waals surface area contributed by atoms with Crippen LogP contribution in [0.25, 0.3) is 0 Å². The van der Waals surface area contributed by atoms with Gasteiger partial charge in [0, 0.05) is 19.6 Å². The van der Waals surface area contributed by atoms with Gasteiger partial charge in [0.05, 0.1) is 12.0 Å². The SMILES string of the molecule is CC(O)CNC(=O)C1CCCN(C(N)=O)C1. The Morgan fingerprint density at radius 3 is 2.88 bits per heavy atom. The molecule has 16 heavy (non-hydrogen) atoms. The van der Waals surface area contributed by atoms with Gasteiger partial charge in [-0.25, -0.2) is 4.79 Å². The van der Waals surface area contributed by atoms with Gasteiger partial charge in [0.15, 0.2) is 0 Å². The smallest absolute Gasteiger partial charge is 0.314 e. The number of piperidine rings is 1. The summed E-state index contributed by atoms with van der Waals surface area (Å²) in [5, 5.41) is 11.7. The predicted octanol–water partition coefficient (Wildman–Crippen LogP) is -0.726. The van der Waals surface area contributed by atoms with Crippen molar-refractivity contribution in [2.75, 3.05) is 19.6 Å². The molecular weight excluding hydrogens is 210 g/mol. The molecule has 1 heterocycles. The number of aliphatic hydroxyl groups is 1. The third kappa shape index (κ3) is 3.69. The fraction of sp³-hybridized carbons (Fsp3) is 0.800. The van der Waals surface area contributed by atoms with E-state index in [9.17, 15) is 9.59 Å². The number of urea groups is 1. The molecule has 1 fully saturated rings. The highest BCUT2D eigenvalue weighted by atomic mass is 16.3. The van der Waals surface area contributed by atoms with E-state index in [1.807, 2.05) is 0 Å². The van der Waals surface area contributed by atoms with E-state index in [2.05, 4.69) is 5.32 Å². The van der Waals surface area contributed by atoms with Gasteiger partial charge in [0.1, 0.15) is 0 Å². The number of amides is 3. The molecule has 3 amide bonds. The van der Waals surface area contributed by atoms with E-state index in [1.54, 1.807) is 6.92 Å². The number of nitrogens with one attached hydrogen (secondary N) is 1. The van der Waals surface area contributed by atoms with Gasteiger partial charge < -0.3 is 21.1 Å². The molecule has 0 radical (unpaired) electrons. The minimum Gasteiger partial charge on any atom is -0.392 e. The van der Waals surface area contributed by atoms with Crippen molar-refractivity contribution >= 4 is 11.9 Å². The van der Waals surface area contributed by atoms with Crippen LogP contribution in [0.2, 0.25) is 0 Å². The molecule has 0 spiro atoms. The van der Waals surface area contributed by atoms with Crippen molar-refractivity contribution in [3.05, 3.63) is 0 Å². The van der Waals surface area contributed by atoms with Gasteiger partial charge in [0.25, 0.3) is 0 Å². The zero-order valence-corrected chi connectivity index (χ0v) is 9.48. The van der Waals surface area contributed by atoms with Crippen LogP contribution in [0.4, 0.5) is 4.79 Å². The first-order valence-electron chi connectivity index (χ1n) is 5.51. The van der Waals surface area contributed by atoms with Crippen molar-refractivity contribution in [1.29, 1.82) is 0 Å². The fourth-order valence-corrected chi connectivity index (χ4v) is 1.78. The number of hydrogen-bond donors (Lipinski definition) is 3. The van der Waals surface area contributed by atoms with Crippen LogP contribution in [0.3, 0.4) is 0 Å². The third-order valence-corrected chi connectivity index (χ3v) is 2.68. The molecule has 1 saturated heterocycles. The maximum atomic E-state index is 11.7. The summed E-state index contributed by atoms with van der Waals surface area (Å²) in [6, 6.07) is -0.479. The van der Waals surface area contributed by atoms with E-state index in [-0.39, 0.29) is 18.4 Å². The first kappa shape index (κ1) is 12.8. The highest BCUT2D eigenvalue weighted by Gasteiger charge is 2.27. The molecule has 0 aromatic rings. The van der Waals surface area contributed by atoms with E-state index >= 15 is 0 Å². The minimum atomic E-state index is -0.556. The summed E-state index contributed by atoms with van der Waals surface area (Å²) in [4.78, 5) is 24.1. The third-order valence-electron chi connectivity index (χ3n) is 2.68. The number of nitrogens with zero attached hydrogens (tertiary/aromatic N) is 1. The predicted molar refractivity (Wildman–Crippen MR) is 58.6 cm³/mol. The van der Waals surface area contributed by atoms with Crippen molar-refractivity contribution in [2.24, 2.45) is 11.7 Å². The number of carbonyl (C=O) groups excluding carboxylic acids is 2. The van der Waals surface area contributed by atoms with Crippen molar-refractivity contribution in [2.45, 2.75) is 25.9 Å². The maximum absolute atomic E-state index is 11.7. The second-order valence-electron chi connectivity index (χ2n) is 4.22. The summed E-state index contributed by atoms with van der Waals surface area (Å²) in [6.07, 6.45) is 0.991. The molecule has 0 aromatic carbocycles. The van der Waals surface area contributed by atoms with E-state index in [1.165, 1.54) is 4.90 Å². The summed E-state index contributed by atoms with van der Waals surface area (Å²) in [5.74, 6) is -0.327. The number of carbonyl (C=O) groups is 2. The maximum Gasteiger partial charge on any atom is 0.314 e.